The number of nitrogens with one attached hydrogen (secondary N) is 1. The number of halogens is 1. The van der Waals surface area contributed by atoms with Crippen LogP contribution in [0.25, 0.3) is 11.3 Å². The SMILES string of the molecule is O=C(c1ccc(-c2ccco2)c(Cl)c1)[C@H]1C[C@@H]1c1noc(=O)[nH]1. The Morgan fingerprint density at radius 3 is 2.87 bits per heavy atom. The molecule has 1 aromatic carbocycles. The van der Waals surface area contributed by atoms with Crippen LogP contribution in [0.3, 0.4) is 0 Å². The summed E-state index contributed by atoms with van der Waals surface area (Å²) in [7, 11) is 0. The van der Waals surface area contributed by atoms with Crippen molar-refractivity contribution in [3.8, 4) is 11.3 Å². The monoisotopic (exact) mass is 330 g/mol. The number of Topliss-reactive ketones (excluding diaryl/α,β-unsaturated/α-hetero) is 1. The zero-order valence-corrected chi connectivity index (χ0v) is 12.5. The van der Waals surface area contributed by atoms with Crippen LogP contribution in [-0.4, -0.2) is 15.9 Å². The molecule has 0 spiro atoms. The molecule has 1 N–H and O–H groups in total. The topological polar surface area (TPSA) is 89.1 Å². The molecule has 1 aliphatic rings. The highest BCUT2D eigenvalue weighted by atomic mass is 35.5. The number of hydrogen-bond donors (Lipinski definition) is 1. The Morgan fingerprint density at radius 1 is 1.35 bits per heavy atom. The van der Waals surface area contributed by atoms with Crippen LogP contribution < -0.4 is 5.76 Å². The third-order valence-electron chi connectivity index (χ3n) is 3.98. The third-order valence-corrected chi connectivity index (χ3v) is 4.29. The molecule has 7 heteroatoms. The highest BCUT2D eigenvalue weighted by molar-refractivity contribution is 6.33. The molecule has 23 heavy (non-hydrogen) atoms. The molecule has 2 heterocycles. The van der Waals surface area contributed by atoms with Crippen molar-refractivity contribution in [2.45, 2.75) is 12.3 Å². The summed E-state index contributed by atoms with van der Waals surface area (Å²) in [6.07, 6.45) is 2.21. The molecule has 2 atom stereocenters. The molecule has 0 aliphatic heterocycles. The average Bonchev–Trinajstić information content (AvgIpc) is 2.94. The molecule has 0 bridgehead atoms. The molecular formula is C16H11ClN2O4. The number of hydrogen-bond acceptors (Lipinski definition) is 5. The Labute approximate surface area is 135 Å². The maximum atomic E-state index is 12.5. The fourth-order valence-electron chi connectivity index (χ4n) is 2.70. The molecule has 6 nitrogen and oxygen atoms in total. The normalized spacial score (nSPS) is 19.7. The van der Waals surface area contributed by atoms with Crippen molar-refractivity contribution in [3.05, 3.63) is 63.6 Å². The van der Waals surface area contributed by atoms with Crippen LogP contribution in [0.5, 0.6) is 0 Å². The predicted molar refractivity (Wildman–Crippen MR) is 81.5 cm³/mol. The second-order valence-corrected chi connectivity index (χ2v) is 5.87. The number of furan rings is 1. The van der Waals surface area contributed by atoms with Gasteiger partial charge in [0.2, 0.25) is 0 Å². The fraction of sp³-hybridized carbons (Fsp3) is 0.188. The minimum Gasteiger partial charge on any atom is -0.464 e. The van der Waals surface area contributed by atoms with Gasteiger partial charge in [0.1, 0.15) is 5.76 Å². The van der Waals surface area contributed by atoms with Gasteiger partial charge in [0.25, 0.3) is 0 Å². The smallest absolute Gasteiger partial charge is 0.438 e. The van der Waals surface area contributed by atoms with Crippen LogP contribution in [-0.2, 0) is 0 Å². The lowest BCUT2D eigenvalue weighted by atomic mass is 10.0. The van der Waals surface area contributed by atoms with Gasteiger partial charge in [0, 0.05) is 23.0 Å². The quantitative estimate of drug-likeness (QED) is 0.741. The minimum absolute atomic E-state index is 0.0215. The van der Waals surface area contributed by atoms with E-state index in [1.165, 1.54) is 0 Å². The number of H-pyrrole nitrogens is 1. The molecule has 0 unspecified atom stereocenters. The van der Waals surface area contributed by atoms with E-state index < -0.39 is 5.76 Å². The van der Waals surface area contributed by atoms with Gasteiger partial charge < -0.3 is 4.42 Å². The zero-order chi connectivity index (χ0) is 16.0. The number of nitrogens with zero attached hydrogens (tertiary/aromatic N) is 1. The number of carbonyl (C=O) groups is 1. The van der Waals surface area contributed by atoms with E-state index in [0.717, 1.165) is 5.56 Å². The van der Waals surface area contributed by atoms with E-state index in [9.17, 15) is 9.59 Å². The summed E-state index contributed by atoms with van der Waals surface area (Å²) in [5.74, 6) is 0.138. The molecule has 0 radical (unpaired) electrons. The van der Waals surface area contributed by atoms with Gasteiger partial charge in [-0.1, -0.05) is 22.8 Å². The fourth-order valence-corrected chi connectivity index (χ4v) is 2.98. The Balaban J connectivity index is 1.56. The largest absolute Gasteiger partial charge is 0.464 e. The molecule has 2 aromatic heterocycles. The summed E-state index contributed by atoms with van der Waals surface area (Å²) in [6.45, 7) is 0. The Bertz CT molecular complexity index is 926. The average molecular weight is 331 g/mol. The van der Waals surface area contributed by atoms with Gasteiger partial charge in [-0.2, -0.15) is 0 Å². The van der Waals surface area contributed by atoms with Crippen molar-refractivity contribution in [1.29, 1.82) is 0 Å². The zero-order valence-electron chi connectivity index (χ0n) is 11.8. The lowest BCUT2D eigenvalue weighted by Crippen LogP contribution is -2.04. The lowest BCUT2D eigenvalue weighted by molar-refractivity contribution is 0.0964. The Hall–Kier alpha value is -2.60. The molecule has 4 rings (SSSR count). The van der Waals surface area contributed by atoms with E-state index in [2.05, 4.69) is 14.7 Å². The summed E-state index contributed by atoms with van der Waals surface area (Å²) in [4.78, 5) is 26.0. The van der Waals surface area contributed by atoms with Gasteiger partial charge in [-0.25, -0.2) is 4.79 Å². The molecule has 0 saturated heterocycles. The first kappa shape index (κ1) is 14.0. The molecular weight excluding hydrogens is 320 g/mol. The maximum Gasteiger partial charge on any atom is 0.438 e. The van der Waals surface area contributed by atoms with Gasteiger partial charge in [0.05, 0.1) is 11.3 Å². The number of rotatable bonds is 4. The number of aromatic amines is 1. The van der Waals surface area contributed by atoms with E-state index >= 15 is 0 Å². The van der Waals surface area contributed by atoms with Crippen LogP contribution in [0.1, 0.15) is 28.5 Å². The van der Waals surface area contributed by atoms with Crippen LogP contribution in [0, 0.1) is 5.92 Å². The van der Waals surface area contributed by atoms with E-state index in [1.54, 1.807) is 36.6 Å². The first-order chi connectivity index (χ1) is 11.1. The van der Waals surface area contributed by atoms with Gasteiger partial charge in [-0.3, -0.25) is 14.3 Å². The van der Waals surface area contributed by atoms with Gasteiger partial charge in [-0.05, 0) is 30.7 Å². The van der Waals surface area contributed by atoms with Gasteiger partial charge in [0.15, 0.2) is 11.6 Å². The molecule has 0 amide bonds. The summed E-state index contributed by atoms with van der Waals surface area (Å²) < 4.78 is 9.79. The Kier molecular flexibility index (Phi) is 3.20. The van der Waals surface area contributed by atoms with Crippen molar-refractivity contribution in [2.24, 2.45) is 5.92 Å². The first-order valence-electron chi connectivity index (χ1n) is 7.07. The number of carbonyl (C=O) groups excluding carboxylic acids is 1. The van der Waals surface area contributed by atoms with E-state index in [-0.39, 0.29) is 17.6 Å². The van der Waals surface area contributed by atoms with Crippen molar-refractivity contribution < 1.29 is 13.7 Å². The van der Waals surface area contributed by atoms with Crippen LogP contribution >= 0.6 is 11.6 Å². The minimum atomic E-state index is -0.607. The van der Waals surface area contributed by atoms with E-state index in [1.807, 2.05) is 0 Å². The number of ketones is 1. The standard InChI is InChI=1S/C16H11ClN2O4/c17-12-6-8(3-4-9(12)13-2-1-5-22-13)14(20)10-7-11(10)15-18-16(21)23-19-15/h1-6,10-11H,7H2,(H,18,19,21)/t10-,11-/m0/s1. The van der Waals surface area contributed by atoms with Crippen LogP contribution in [0.15, 0.2) is 50.3 Å². The second-order valence-electron chi connectivity index (χ2n) is 5.47. The molecule has 116 valence electrons. The van der Waals surface area contributed by atoms with Gasteiger partial charge >= 0.3 is 5.76 Å². The number of aromatic nitrogens is 2. The highest BCUT2D eigenvalue weighted by Crippen LogP contribution is 2.47. The van der Waals surface area contributed by atoms with E-state index in [0.29, 0.717) is 28.6 Å². The predicted octanol–water partition coefficient (Wildman–Crippen LogP) is 3.26. The van der Waals surface area contributed by atoms with Crippen molar-refractivity contribution >= 4 is 17.4 Å². The van der Waals surface area contributed by atoms with Crippen molar-refractivity contribution in [3.63, 3.8) is 0 Å². The molecule has 1 aliphatic carbocycles. The molecule has 1 saturated carbocycles. The second kappa shape index (κ2) is 5.24. The highest BCUT2D eigenvalue weighted by Gasteiger charge is 2.46. The summed E-state index contributed by atoms with van der Waals surface area (Å²) in [5, 5.41) is 4.09. The number of benzene rings is 1. The summed E-state index contributed by atoms with van der Waals surface area (Å²) >= 11 is 6.26. The lowest BCUT2D eigenvalue weighted by Gasteiger charge is -2.04. The first-order valence-corrected chi connectivity index (χ1v) is 7.45. The van der Waals surface area contributed by atoms with Gasteiger partial charge in [-0.15, -0.1) is 0 Å². The van der Waals surface area contributed by atoms with E-state index in [4.69, 9.17) is 16.0 Å². The summed E-state index contributed by atoms with van der Waals surface area (Å²) in [5.41, 5.74) is 1.27. The van der Waals surface area contributed by atoms with Crippen molar-refractivity contribution in [2.75, 3.05) is 0 Å². The summed E-state index contributed by atoms with van der Waals surface area (Å²) in [6, 6.07) is 8.72. The molecule has 1 fully saturated rings. The molecule has 3 aromatic rings. The Morgan fingerprint density at radius 2 is 2.22 bits per heavy atom. The third kappa shape index (κ3) is 2.51. The van der Waals surface area contributed by atoms with Crippen LogP contribution in [0.2, 0.25) is 5.02 Å². The maximum absolute atomic E-state index is 12.5. The van der Waals surface area contributed by atoms with Crippen molar-refractivity contribution in [1.82, 2.24) is 10.1 Å². The van der Waals surface area contributed by atoms with Crippen LogP contribution in [0.4, 0.5) is 0 Å².